The maximum absolute atomic E-state index is 2.35. The second kappa shape index (κ2) is 11.1. The molecular weight excluding hydrogens is 502 g/mol. The molecule has 0 saturated carbocycles. The maximum Gasteiger partial charge on any atom is 0.0464 e. The van der Waals surface area contributed by atoms with Crippen molar-refractivity contribution in [1.82, 2.24) is 0 Å². The number of aryl methyl sites for hydroxylation is 4. The van der Waals surface area contributed by atoms with Crippen LogP contribution in [-0.4, -0.2) is 0 Å². The van der Waals surface area contributed by atoms with Gasteiger partial charge in [0.05, 0.1) is 0 Å². The molecule has 1 nitrogen and oxygen atoms in total. The van der Waals surface area contributed by atoms with Gasteiger partial charge in [-0.2, -0.15) is 0 Å². The van der Waals surface area contributed by atoms with Gasteiger partial charge in [0.25, 0.3) is 0 Å². The third kappa shape index (κ3) is 5.15. The summed E-state index contributed by atoms with van der Waals surface area (Å²) in [5, 5.41) is 0. The molecule has 0 N–H and O–H groups in total. The predicted molar refractivity (Wildman–Crippen MR) is 173 cm³/mol. The summed E-state index contributed by atoms with van der Waals surface area (Å²) in [6, 6.07) is 39.6. The van der Waals surface area contributed by atoms with Gasteiger partial charge in [-0.15, -0.1) is 0 Å². The van der Waals surface area contributed by atoms with Crippen molar-refractivity contribution in [2.45, 2.75) is 37.5 Å². The van der Waals surface area contributed by atoms with Crippen LogP contribution in [0.25, 0.3) is 11.6 Å². The third-order valence-electron chi connectivity index (χ3n) is 7.77. The first-order valence-corrected chi connectivity index (χ1v) is 14.6. The first-order chi connectivity index (χ1) is 19.5. The van der Waals surface area contributed by atoms with Crippen molar-refractivity contribution in [2.24, 2.45) is 0 Å². The molecule has 0 atom stereocenters. The Morgan fingerprint density at radius 2 is 1.02 bits per heavy atom. The van der Waals surface area contributed by atoms with E-state index < -0.39 is 0 Å². The molecule has 0 aliphatic carbocycles. The van der Waals surface area contributed by atoms with Crippen molar-refractivity contribution in [3.05, 3.63) is 160 Å². The quantitative estimate of drug-likeness (QED) is 0.216. The Bertz CT molecular complexity index is 1660. The van der Waals surface area contributed by atoms with Crippen molar-refractivity contribution >= 4 is 40.5 Å². The molecule has 196 valence electrons. The van der Waals surface area contributed by atoms with Gasteiger partial charge in [0.2, 0.25) is 0 Å². The van der Waals surface area contributed by atoms with Gasteiger partial charge in [-0.3, -0.25) is 0 Å². The smallest absolute Gasteiger partial charge is 0.0464 e. The molecule has 40 heavy (non-hydrogen) atoms. The lowest BCUT2D eigenvalue weighted by molar-refractivity contribution is 1.23. The van der Waals surface area contributed by atoms with Gasteiger partial charge in [0.1, 0.15) is 0 Å². The summed E-state index contributed by atoms with van der Waals surface area (Å²) in [5.41, 5.74) is 13.7. The zero-order valence-electron chi connectivity index (χ0n) is 23.5. The van der Waals surface area contributed by atoms with Crippen molar-refractivity contribution in [1.29, 1.82) is 0 Å². The lowest BCUT2D eigenvalue weighted by Gasteiger charge is -2.27. The molecule has 0 spiro atoms. The van der Waals surface area contributed by atoms with Crippen LogP contribution in [-0.2, 0) is 0 Å². The van der Waals surface area contributed by atoms with Gasteiger partial charge >= 0.3 is 0 Å². The van der Waals surface area contributed by atoms with Gasteiger partial charge in [-0.25, -0.2) is 0 Å². The Morgan fingerprint density at radius 1 is 0.525 bits per heavy atom. The number of nitrogens with zero attached hydrogens (tertiary/aromatic N) is 1. The van der Waals surface area contributed by atoms with E-state index in [-0.39, 0.29) is 0 Å². The molecular formula is C38H33NS. The third-order valence-corrected chi connectivity index (χ3v) is 8.93. The zero-order chi connectivity index (χ0) is 27.6. The lowest BCUT2D eigenvalue weighted by atomic mass is 9.96. The highest BCUT2D eigenvalue weighted by atomic mass is 32.2. The molecule has 0 bridgehead atoms. The minimum Gasteiger partial charge on any atom is -0.310 e. The number of allylic oxidation sites excluding steroid dienone is 2. The molecule has 0 aromatic heterocycles. The number of rotatable bonds is 5. The summed E-state index contributed by atoms with van der Waals surface area (Å²) in [5.74, 6) is 0. The highest BCUT2D eigenvalue weighted by molar-refractivity contribution is 7.99. The van der Waals surface area contributed by atoms with E-state index in [0.29, 0.717) is 0 Å². The summed E-state index contributed by atoms with van der Waals surface area (Å²) in [6.07, 6.45) is 6.63. The number of anilines is 3. The minimum atomic E-state index is 1.15. The molecule has 0 amide bonds. The molecule has 1 heterocycles. The number of fused-ring (bicyclic) bond motifs is 2. The molecule has 6 rings (SSSR count). The van der Waals surface area contributed by atoms with Crippen LogP contribution in [0.3, 0.4) is 0 Å². The van der Waals surface area contributed by atoms with Gasteiger partial charge in [-0.1, -0.05) is 90.7 Å². The summed E-state index contributed by atoms with van der Waals surface area (Å²) < 4.78 is 0. The van der Waals surface area contributed by atoms with Crippen LogP contribution in [0.1, 0.15) is 38.9 Å². The molecule has 0 saturated heterocycles. The highest BCUT2D eigenvalue weighted by Gasteiger charge is 2.19. The Labute approximate surface area is 242 Å². The number of benzene rings is 5. The van der Waals surface area contributed by atoms with E-state index in [1.54, 1.807) is 0 Å². The van der Waals surface area contributed by atoms with E-state index in [1.807, 2.05) is 11.8 Å². The van der Waals surface area contributed by atoms with E-state index >= 15 is 0 Å². The molecule has 0 fully saturated rings. The van der Waals surface area contributed by atoms with Crippen LogP contribution < -0.4 is 4.90 Å². The molecule has 0 unspecified atom stereocenters. The Hall–Kier alpha value is -4.27. The van der Waals surface area contributed by atoms with Crippen LogP contribution in [0, 0.1) is 27.7 Å². The van der Waals surface area contributed by atoms with E-state index in [1.165, 1.54) is 65.7 Å². The van der Waals surface area contributed by atoms with Gasteiger partial charge in [0, 0.05) is 26.9 Å². The minimum absolute atomic E-state index is 1.15. The average Bonchev–Trinajstić information content (AvgIpc) is 2.97. The number of hydrogen-bond acceptors (Lipinski definition) is 2. The van der Waals surface area contributed by atoms with Gasteiger partial charge in [-0.05, 0) is 121 Å². The molecule has 1 aliphatic heterocycles. The topological polar surface area (TPSA) is 3.24 Å². The monoisotopic (exact) mass is 535 g/mol. The lowest BCUT2D eigenvalue weighted by Crippen LogP contribution is -2.10. The van der Waals surface area contributed by atoms with Crippen LogP contribution in [0.15, 0.2) is 131 Å². The van der Waals surface area contributed by atoms with Crippen LogP contribution >= 0.6 is 11.8 Å². The predicted octanol–water partition coefficient (Wildman–Crippen LogP) is 11.0. The average molecular weight is 536 g/mol. The summed E-state index contributed by atoms with van der Waals surface area (Å²) in [6.45, 7) is 8.70. The Balaban J connectivity index is 1.33. The molecule has 1 aliphatic rings. The summed E-state index contributed by atoms with van der Waals surface area (Å²) in [4.78, 5) is 4.97. The Morgan fingerprint density at radius 3 is 1.55 bits per heavy atom. The fraction of sp³-hybridized carbons (Fsp3) is 0.105. The van der Waals surface area contributed by atoms with E-state index in [2.05, 4.69) is 160 Å². The summed E-state index contributed by atoms with van der Waals surface area (Å²) >= 11 is 1.85. The van der Waals surface area contributed by atoms with E-state index in [9.17, 15) is 0 Å². The standard InChI is InChI=1S/C38H33NS/c1-26-16-20-32(24-28(26)3)39(33-21-17-27(2)29(4)25-33)31-22-18-30(19-23-31)10-9-13-34-35-11-5-7-14-37(35)40-38-15-8-6-12-36(34)38/h5-25H,1-4H3. The largest absolute Gasteiger partial charge is 0.310 e. The van der Waals surface area contributed by atoms with Gasteiger partial charge in [0.15, 0.2) is 0 Å². The Kier molecular flexibility index (Phi) is 7.19. The van der Waals surface area contributed by atoms with E-state index in [0.717, 1.165) is 5.69 Å². The van der Waals surface area contributed by atoms with Crippen molar-refractivity contribution < 1.29 is 0 Å². The normalized spacial score (nSPS) is 12.2. The van der Waals surface area contributed by atoms with Gasteiger partial charge < -0.3 is 4.90 Å². The number of hydrogen-bond donors (Lipinski definition) is 0. The zero-order valence-corrected chi connectivity index (χ0v) is 24.3. The highest BCUT2D eigenvalue weighted by Crippen LogP contribution is 2.45. The first kappa shape index (κ1) is 26.0. The van der Waals surface area contributed by atoms with Crippen molar-refractivity contribution in [3.8, 4) is 0 Å². The van der Waals surface area contributed by atoms with E-state index in [4.69, 9.17) is 0 Å². The van der Waals surface area contributed by atoms with Crippen molar-refractivity contribution in [2.75, 3.05) is 4.90 Å². The molecule has 5 aromatic carbocycles. The first-order valence-electron chi connectivity index (χ1n) is 13.8. The summed E-state index contributed by atoms with van der Waals surface area (Å²) in [7, 11) is 0. The maximum atomic E-state index is 2.35. The molecule has 0 radical (unpaired) electrons. The van der Waals surface area contributed by atoms with Crippen molar-refractivity contribution in [3.63, 3.8) is 0 Å². The van der Waals surface area contributed by atoms with Crippen LogP contribution in [0.4, 0.5) is 17.1 Å². The SMILES string of the molecule is Cc1ccc(N(c2ccc(C=CC=C3c4ccccc4Sc4ccccc43)cc2)c2ccc(C)c(C)c2)cc1C. The second-order valence-electron chi connectivity index (χ2n) is 10.5. The second-order valence-corrected chi connectivity index (χ2v) is 11.6. The molecule has 5 aromatic rings. The fourth-order valence-electron chi connectivity index (χ4n) is 5.17. The van der Waals surface area contributed by atoms with Crippen LogP contribution in [0.2, 0.25) is 0 Å². The van der Waals surface area contributed by atoms with Crippen LogP contribution in [0.5, 0.6) is 0 Å². The molecule has 2 heteroatoms. The fourth-order valence-corrected chi connectivity index (χ4v) is 6.27.